The predicted molar refractivity (Wildman–Crippen MR) is 186 cm³/mol. The van der Waals surface area contributed by atoms with E-state index in [1.165, 1.54) is 12.7 Å². The van der Waals surface area contributed by atoms with Gasteiger partial charge < -0.3 is 34.7 Å². The first-order valence-corrected chi connectivity index (χ1v) is 16.2. The highest BCUT2D eigenvalue weighted by Gasteiger charge is 2.32. The third-order valence-electron chi connectivity index (χ3n) is 6.60. The van der Waals surface area contributed by atoms with Crippen LogP contribution in [0.4, 0.5) is 4.79 Å². The highest BCUT2D eigenvalue weighted by atomic mass is 127. The fraction of sp³-hybridized carbons (Fsp3) is 0.281. The van der Waals surface area contributed by atoms with E-state index in [2.05, 4.69) is 85.4 Å². The molecule has 1 aliphatic rings. The predicted octanol–water partition coefficient (Wildman–Crippen LogP) is 5.30. The van der Waals surface area contributed by atoms with Crippen LogP contribution in [0.25, 0.3) is 0 Å². The maximum absolute atomic E-state index is 12.5. The maximum atomic E-state index is 12.5. The Morgan fingerprint density at radius 3 is 2.51 bits per heavy atom. The lowest BCUT2D eigenvalue weighted by Crippen LogP contribution is -2.45. The van der Waals surface area contributed by atoms with Crippen LogP contribution in [0.2, 0.25) is 0 Å². The minimum Gasteiger partial charge on any atom is -0.490 e. The van der Waals surface area contributed by atoms with Crippen LogP contribution in [0.15, 0.2) is 71.0 Å². The number of esters is 1. The summed E-state index contributed by atoms with van der Waals surface area (Å²) in [5, 5.41) is 20.0. The highest BCUT2D eigenvalue weighted by molar-refractivity contribution is 14.1. The second-order valence-corrected chi connectivity index (χ2v) is 12.3. The molecule has 238 valence electrons. The molecule has 13 heteroatoms. The Bertz CT molecular complexity index is 1590. The second kappa shape index (κ2) is 16.1. The van der Waals surface area contributed by atoms with Crippen molar-refractivity contribution in [1.82, 2.24) is 16.1 Å². The van der Waals surface area contributed by atoms with Gasteiger partial charge in [0.25, 0.3) is 0 Å². The number of aliphatic hydroxyl groups excluding tert-OH is 1. The van der Waals surface area contributed by atoms with Gasteiger partial charge in [-0.15, -0.1) is 0 Å². The quantitative estimate of drug-likeness (QED) is 0.0599. The average Bonchev–Trinajstić information content (AvgIpc) is 2.99. The summed E-state index contributed by atoms with van der Waals surface area (Å²) in [5.74, 6) is 0.998. The van der Waals surface area contributed by atoms with Crippen molar-refractivity contribution in [3.8, 4) is 17.2 Å². The lowest BCUT2D eigenvalue weighted by atomic mass is 9.95. The number of aliphatic hydroxyl groups is 1. The smallest absolute Gasteiger partial charge is 0.337 e. The number of carbonyl (C=O) groups is 2. The molecule has 0 saturated carbocycles. The molecule has 0 spiro atoms. The molecule has 0 aliphatic carbocycles. The van der Waals surface area contributed by atoms with Gasteiger partial charge in [-0.1, -0.05) is 35.9 Å². The molecular formula is C32H34I2N4O7. The number of aryl methyl sites for hydroxylation is 1. The number of nitrogens with one attached hydrogen (secondary N) is 3. The van der Waals surface area contributed by atoms with Crippen LogP contribution in [0.1, 0.15) is 42.1 Å². The van der Waals surface area contributed by atoms with Crippen molar-refractivity contribution in [3.05, 3.63) is 95.3 Å². The van der Waals surface area contributed by atoms with Crippen molar-refractivity contribution in [2.45, 2.75) is 39.6 Å². The average molecular weight is 840 g/mol. The van der Waals surface area contributed by atoms with Crippen LogP contribution >= 0.6 is 45.2 Å². The Morgan fingerprint density at radius 1 is 1.07 bits per heavy atom. The zero-order chi connectivity index (χ0) is 32.5. The number of urea groups is 1. The Balaban J connectivity index is 1.37. The zero-order valence-electron chi connectivity index (χ0n) is 25.1. The van der Waals surface area contributed by atoms with Gasteiger partial charge >= 0.3 is 12.0 Å². The van der Waals surface area contributed by atoms with Gasteiger partial charge in [0, 0.05) is 5.70 Å². The highest BCUT2D eigenvalue weighted by Crippen LogP contribution is 2.35. The summed E-state index contributed by atoms with van der Waals surface area (Å²) in [7, 11) is 1.28. The van der Waals surface area contributed by atoms with E-state index in [1.54, 1.807) is 31.3 Å². The number of nitrogens with zero attached hydrogens (tertiary/aromatic N) is 1. The maximum Gasteiger partial charge on any atom is 0.337 e. The number of hydrogen-bond donors (Lipinski definition) is 4. The molecule has 0 saturated heterocycles. The van der Waals surface area contributed by atoms with Crippen molar-refractivity contribution < 1.29 is 33.6 Å². The van der Waals surface area contributed by atoms with Gasteiger partial charge in [0.05, 0.1) is 38.7 Å². The van der Waals surface area contributed by atoms with Gasteiger partial charge in [-0.25, -0.2) is 9.59 Å². The van der Waals surface area contributed by atoms with Gasteiger partial charge in [-0.05, 0) is 107 Å². The van der Waals surface area contributed by atoms with E-state index in [9.17, 15) is 14.7 Å². The molecule has 3 aromatic carbocycles. The molecule has 2 amide bonds. The Labute approximate surface area is 289 Å². The summed E-state index contributed by atoms with van der Waals surface area (Å²) in [6.45, 7) is 6.20. The Kier molecular flexibility index (Phi) is 12.3. The lowest BCUT2D eigenvalue weighted by Gasteiger charge is -2.28. The van der Waals surface area contributed by atoms with Crippen molar-refractivity contribution in [2.75, 3.05) is 20.3 Å². The number of carbonyl (C=O) groups excluding carboxylic acids is 2. The standard InChI is InChI=1S/C32H34I2N4O7/c1-5-43-26-14-22(29-28(31(40)42-4)19(3)36-32(41)37-29)9-10-25(26)44-17-27(39)38-35-15-21-12-23(33)30(24(34)13-21)45-16-20-8-6-7-18(2)11-20/h6-15,27,29,38-39H,5,16-17H2,1-4H3,(H2,36,37,41)/b35-15-/t27-,29-/m1/s1. The summed E-state index contributed by atoms with van der Waals surface area (Å²) in [4.78, 5) is 24.6. The number of rotatable bonds is 13. The number of allylic oxidation sites excluding steroid dienone is 1. The molecule has 3 aromatic rings. The normalized spacial score (nSPS) is 15.3. The van der Waals surface area contributed by atoms with E-state index < -0.39 is 24.3 Å². The Hall–Kier alpha value is -3.57. The molecule has 1 aliphatic heterocycles. The van der Waals surface area contributed by atoms with Gasteiger partial charge in [-0.3, -0.25) is 5.43 Å². The minimum atomic E-state index is -1.12. The van der Waals surface area contributed by atoms with Crippen LogP contribution in [0, 0.1) is 14.1 Å². The largest absolute Gasteiger partial charge is 0.490 e. The second-order valence-electron chi connectivity index (χ2n) is 10.0. The molecule has 0 radical (unpaired) electrons. The number of ether oxygens (including phenoxy) is 4. The molecular weight excluding hydrogens is 806 g/mol. The topological polar surface area (TPSA) is 140 Å². The van der Waals surface area contributed by atoms with Crippen LogP contribution < -0.4 is 30.3 Å². The molecule has 45 heavy (non-hydrogen) atoms. The first-order valence-electron chi connectivity index (χ1n) is 14.0. The third-order valence-corrected chi connectivity index (χ3v) is 8.20. The van der Waals surface area contributed by atoms with Crippen molar-refractivity contribution >= 4 is 63.4 Å². The monoisotopic (exact) mass is 840 g/mol. The number of amides is 2. The Morgan fingerprint density at radius 2 is 1.82 bits per heavy atom. The number of hydrazone groups is 1. The first kappa shape index (κ1) is 34.3. The first-order chi connectivity index (χ1) is 21.6. The van der Waals surface area contributed by atoms with Crippen LogP contribution in [-0.2, 0) is 16.1 Å². The van der Waals surface area contributed by atoms with Crippen molar-refractivity contribution in [1.29, 1.82) is 0 Å². The molecule has 2 atom stereocenters. The summed E-state index contributed by atoms with van der Waals surface area (Å²) in [6, 6.07) is 16.0. The fourth-order valence-electron chi connectivity index (χ4n) is 4.57. The van der Waals surface area contributed by atoms with Gasteiger partial charge in [0.2, 0.25) is 0 Å². The van der Waals surface area contributed by atoms with E-state index in [4.69, 9.17) is 18.9 Å². The SMILES string of the molecule is CCOc1cc([C@H]2NC(=O)NC(C)=C2C(=O)OC)ccc1OC[C@@H](O)N/N=C\c1cc(I)c(OCc2cccc(C)c2)c(I)c1. The number of halogens is 2. The van der Waals surface area contributed by atoms with Crippen LogP contribution in [0.3, 0.4) is 0 Å². The van der Waals surface area contributed by atoms with Crippen LogP contribution in [-0.4, -0.2) is 49.9 Å². The van der Waals surface area contributed by atoms with E-state index in [0.717, 1.165) is 24.0 Å². The fourth-order valence-corrected chi connectivity index (χ4v) is 6.70. The number of methoxy groups -OCH3 is 1. The summed E-state index contributed by atoms with van der Waals surface area (Å²) >= 11 is 4.48. The van der Waals surface area contributed by atoms with Crippen LogP contribution in [0.5, 0.6) is 17.2 Å². The molecule has 1 heterocycles. The van der Waals surface area contributed by atoms with Crippen molar-refractivity contribution in [2.24, 2.45) is 5.10 Å². The zero-order valence-corrected chi connectivity index (χ0v) is 29.5. The molecule has 4 rings (SSSR count). The third kappa shape index (κ3) is 9.23. The lowest BCUT2D eigenvalue weighted by molar-refractivity contribution is -0.136. The number of hydrogen-bond acceptors (Lipinski definition) is 9. The van der Waals surface area contributed by atoms with E-state index in [1.807, 2.05) is 31.2 Å². The van der Waals surface area contributed by atoms with E-state index in [0.29, 0.717) is 36.0 Å². The van der Waals surface area contributed by atoms with Gasteiger partial charge in [0.15, 0.2) is 17.7 Å². The molecule has 11 nitrogen and oxygen atoms in total. The molecule has 0 bridgehead atoms. The summed E-state index contributed by atoms with van der Waals surface area (Å²) in [6.07, 6.45) is 0.491. The van der Waals surface area contributed by atoms with E-state index in [-0.39, 0.29) is 12.2 Å². The molecule has 0 fully saturated rings. The van der Waals surface area contributed by atoms with Gasteiger partial charge in [0.1, 0.15) is 19.0 Å². The molecule has 4 N–H and O–H groups in total. The van der Waals surface area contributed by atoms with Gasteiger partial charge in [-0.2, -0.15) is 5.10 Å². The molecule has 0 unspecified atom stereocenters. The van der Waals surface area contributed by atoms with Crippen molar-refractivity contribution in [3.63, 3.8) is 0 Å². The van der Waals surface area contributed by atoms with E-state index >= 15 is 0 Å². The minimum absolute atomic E-state index is 0.131. The molecule has 0 aromatic heterocycles. The summed E-state index contributed by atoms with van der Waals surface area (Å²) < 4.78 is 24.5. The number of benzene rings is 3. The summed E-state index contributed by atoms with van der Waals surface area (Å²) in [5.41, 5.74) is 7.07.